The first kappa shape index (κ1) is 15.2. The third-order valence-corrected chi connectivity index (χ3v) is 5.05. The number of para-hydroxylation sites is 1. The van der Waals surface area contributed by atoms with Crippen molar-refractivity contribution in [2.75, 3.05) is 13.1 Å². The molecule has 1 unspecified atom stereocenters. The molecule has 0 spiro atoms. The van der Waals surface area contributed by atoms with Crippen molar-refractivity contribution >= 4 is 11.0 Å². The standard InChI is InChI=1S/C21H21NO2/c1-15(22-11-4-5-12-22)16-7-6-8-17(13-16)19-14-24-20-10-3-2-9-18(20)21(19)23/h2-3,6-10,13-15H,4-5,11-12H2,1H3. The van der Waals surface area contributed by atoms with E-state index in [4.69, 9.17) is 4.42 Å². The quantitative estimate of drug-likeness (QED) is 0.706. The van der Waals surface area contributed by atoms with Gasteiger partial charge >= 0.3 is 0 Å². The van der Waals surface area contributed by atoms with Gasteiger partial charge in [0.25, 0.3) is 0 Å². The predicted molar refractivity (Wildman–Crippen MR) is 97.1 cm³/mol. The lowest BCUT2D eigenvalue weighted by Gasteiger charge is -2.24. The minimum absolute atomic E-state index is 0.0304. The lowest BCUT2D eigenvalue weighted by molar-refractivity contribution is 0.263. The molecule has 1 atom stereocenters. The van der Waals surface area contributed by atoms with E-state index in [9.17, 15) is 4.79 Å². The zero-order valence-corrected chi connectivity index (χ0v) is 13.9. The summed E-state index contributed by atoms with van der Waals surface area (Å²) in [5.41, 5.74) is 3.47. The van der Waals surface area contributed by atoms with E-state index in [1.165, 1.54) is 18.4 Å². The molecule has 2 heterocycles. The average Bonchev–Trinajstić information content (AvgIpc) is 3.16. The number of likely N-dealkylation sites (tertiary alicyclic amines) is 1. The van der Waals surface area contributed by atoms with Gasteiger partial charge in [-0.3, -0.25) is 9.69 Å². The van der Waals surface area contributed by atoms with E-state index < -0.39 is 0 Å². The minimum atomic E-state index is 0.0304. The second kappa shape index (κ2) is 6.25. The zero-order valence-electron chi connectivity index (χ0n) is 13.9. The number of nitrogens with zero attached hydrogens (tertiary/aromatic N) is 1. The van der Waals surface area contributed by atoms with E-state index in [1.807, 2.05) is 36.4 Å². The maximum atomic E-state index is 12.8. The molecule has 1 aliphatic rings. The van der Waals surface area contributed by atoms with Crippen LogP contribution in [0.3, 0.4) is 0 Å². The first-order valence-corrected chi connectivity index (χ1v) is 8.59. The van der Waals surface area contributed by atoms with Gasteiger partial charge in [0, 0.05) is 6.04 Å². The van der Waals surface area contributed by atoms with Crippen molar-refractivity contribution in [1.29, 1.82) is 0 Å². The van der Waals surface area contributed by atoms with Crippen molar-refractivity contribution in [3.63, 3.8) is 0 Å². The maximum absolute atomic E-state index is 12.8. The zero-order chi connectivity index (χ0) is 16.5. The topological polar surface area (TPSA) is 33.5 Å². The Hall–Kier alpha value is -2.39. The van der Waals surface area contributed by atoms with Crippen LogP contribution < -0.4 is 5.43 Å². The summed E-state index contributed by atoms with van der Waals surface area (Å²) in [6.07, 6.45) is 4.14. The number of hydrogen-bond donors (Lipinski definition) is 0. The van der Waals surface area contributed by atoms with Crippen molar-refractivity contribution in [1.82, 2.24) is 4.90 Å². The molecule has 3 nitrogen and oxygen atoms in total. The lowest BCUT2D eigenvalue weighted by Crippen LogP contribution is -2.23. The first-order valence-electron chi connectivity index (χ1n) is 8.59. The van der Waals surface area contributed by atoms with Gasteiger partial charge in [0.1, 0.15) is 11.8 Å². The highest BCUT2D eigenvalue weighted by atomic mass is 16.3. The fourth-order valence-electron chi connectivity index (χ4n) is 3.58. The van der Waals surface area contributed by atoms with E-state index in [-0.39, 0.29) is 5.43 Å². The Balaban J connectivity index is 1.76. The van der Waals surface area contributed by atoms with Gasteiger partial charge in [0.05, 0.1) is 10.9 Å². The SMILES string of the molecule is CC(c1cccc(-c2coc3ccccc3c2=O)c1)N1CCCC1. The molecule has 1 fully saturated rings. The van der Waals surface area contributed by atoms with E-state index in [2.05, 4.69) is 24.0 Å². The normalized spacial score (nSPS) is 16.5. The molecule has 3 heteroatoms. The predicted octanol–water partition coefficient (Wildman–Crippen LogP) is 4.62. The molecule has 122 valence electrons. The largest absolute Gasteiger partial charge is 0.463 e. The van der Waals surface area contributed by atoms with E-state index >= 15 is 0 Å². The monoisotopic (exact) mass is 319 g/mol. The van der Waals surface area contributed by atoms with Crippen LogP contribution in [0.5, 0.6) is 0 Å². The second-order valence-electron chi connectivity index (χ2n) is 6.52. The molecule has 0 bridgehead atoms. The molecule has 24 heavy (non-hydrogen) atoms. The molecule has 0 radical (unpaired) electrons. The van der Waals surface area contributed by atoms with Gasteiger partial charge in [-0.2, -0.15) is 0 Å². The number of benzene rings is 2. The van der Waals surface area contributed by atoms with Crippen molar-refractivity contribution in [2.24, 2.45) is 0 Å². The van der Waals surface area contributed by atoms with Crippen LogP contribution in [0.4, 0.5) is 0 Å². The van der Waals surface area contributed by atoms with Crippen LogP contribution in [0.15, 0.2) is 64.0 Å². The Morgan fingerprint density at radius 2 is 1.83 bits per heavy atom. The van der Waals surface area contributed by atoms with Gasteiger partial charge in [0.2, 0.25) is 0 Å². The second-order valence-corrected chi connectivity index (χ2v) is 6.52. The van der Waals surface area contributed by atoms with Crippen molar-refractivity contribution in [3.8, 4) is 11.1 Å². The summed E-state index contributed by atoms with van der Waals surface area (Å²) in [6, 6.07) is 16.1. The average molecular weight is 319 g/mol. The first-order chi connectivity index (χ1) is 11.7. The summed E-state index contributed by atoms with van der Waals surface area (Å²) >= 11 is 0. The Bertz CT molecular complexity index is 922. The van der Waals surface area contributed by atoms with Gasteiger partial charge in [0.15, 0.2) is 5.43 Å². The molecule has 0 aliphatic carbocycles. The minimum Gasteiger partial charge on any atom is -0.463 e. The maximum Gasteiger partial charge on any atom is 0.200 e. The van der Waals surface area contributed by atoms with Crippen LogP contribution in [-0.2, 0) is 0 Å². The third kappa shape index (κ3) is 2.65. The van der Waals surface area contributed by atoms with Crippen molar-refractivity contribution in [3.05, 3.63) is 70.6 Å². The fourth-order valence-corrected chi connectivity index (χ4v) is 3.58. The summed E-state index contributed by atoms with van der Waals surface area (Å²) in [6.45, 7) is 4.56. The summed E-state index contributed by atoms with van der Waals surface area (Å²) in [5.74, 6) is 0. The van der Waals surface area contributed by atoms with Crippen molar-refractivity contribution < 1.29 is 4.42 Å². The molecule has 3 aromatic rings. The summed E-state index contributed by atoms with van der Waals surface area (Å²) < 4.78 is 5.67. The smallest absolute Gasteiger partial charge is 0.200 e. The number of rotatable bonds is 3. The molecular formula is C21H21NO2. The van der Waals surface area contributed by atoms with Crippen LogP contribution in [0.2, 0.25) is 0 Å². The van der Waals surface area contributed by atoms with Crippen LogP contribution in [0.25, 0.3) is 22.1 Å². The fraction of sp³-hybridized carbons (Fsp3) is 0.286. The van der Waals surface area contributed by atoms with Gasteiger partial charge in [-0.25, -0.2) is 0 Å². The molecule has 1 aliphatic heterocycles. The number of fused-ring (bicyclic) bond motifs is 1. The summed E-state index contributed by atoms with van der Waals surface area (Å²) in [4.78, 5) is 15.3. The molecule has 0 N–H and O–H groups in total. The molecule has 2 aromatic carbocycles. The number of hydrogen-bond acceptors (Lipinski definition) is 3. The van der Waals surface area contributed by atoms with Crippen LogP contribution in [0, 0.1) is 0 Å². The molecule has 4 rings (SSSR count). The third-order valence-electron chi connectivity index (χ3n) is 5.05. The molecular weight excluding hydrogens is 298 g/mol. The van der Waals surface area contributed by atoms with Gasteiger partial charge in [-0.05, 0) is 62.2 Å². The molecule has 0 saturated carbocycles. The van der Waals surface area contributed by atoms with Gasteiger partial charge in [-0.15, -0.1) is 0 Å². The highest BCUT2D eigenvalue weighted by Crippen LogP contribution is 2.28. The lowest BCUT2D eigenvalue weighted by atomic mass is 9.99. The summed E-state index contributed by atoms with van der Waals surface area (Å²) in [7, 11) is 0. The van der Waals surface area contributed by atoms with Gasteiger partial charge in [-0.1, -0.05) is 30.3 Å². The highest BCUT2D eigenvalue weighted by Gasteiger charge is 2.20. The van der Waals surface area contributed by atoms with Gasteiger partial charge < -0.3 is 4.42 Å². The Kier molecular flexibility index (Phi) is 3.95. The Morgan fingerprint density at radius 3 is 2.67 bits per heavy atom. The van der Waals surface area contributed by atoms with E-state index in [0.29, 0.717) is 22.6 Å². The molecule has 1 aromatic heterocycles. The van der Waals surface area contributed by atoms with Crippen LogP contribution in [-0.4, -0.2) is 18.0 Å². The van der Waals surface area contributed by atoms with E-state index in [0.717, 1.165) is 18.7 Å². The summed E-state index contributed by atoms with van der Waals surface area (Å²) in [5, 5.41) is 0.632. The Morgan fingerprint density at radius 1 is 1.04 bits per heavy atom. The van der Waals surface area contributed by atoms with Crippen LogP contribution >= 0.6 is 0 Å². The Labute approximate surface area is 141 Å². The van der Waals surface area contributed by atoms with Crippen molar-refractivity contribution in [2.45, 2.75) is 25.8 Å². The molecule has 1 saturated heterocycles. The molecule has 0 amide bonds. The van der Waals surface area contributed by atoms with E-state index in [1.54, 1.807) is 6.26 Å². The van der Waals surface area contributed by atoms with Crippen LogP contribution in [0.1, 0.15) is 31.4 Å². The highest BCUT2D eigenvalue weighted by molar-refractivity contribution is 5.81.